The van der Waals surface area contributed by atoms with Gasteiger partial charge in [0.1, 0.15) is 5.15 Å². The van der Waals surface area contributed by atoms with Gasteiger partial charge in [0.15, 0.2) is 11.9 Å². The number of rotatable bonds is 6. The van der Waals surface area contributed by atoms with Gasteiger partial charge in [0.25, 0.3) is 0 Å². The second-order valence-electron chi connectivity index (χ2n) is 5.67. The molecule has 0 aliphatic rings. The first-order valence-corrected chi connectivity index (χ1v) is 8.89. The predicted octanol–water partition coefficient (Wildman–Crippen LogP) is 4.73. The highest BCUT2D eigenvalue weighted by atomic mass is 35.5. The zero-order chi connectivity index (χ0) is 19.4. The molecule has 0 aliphatic heterocycles. The number of carbonyl (C=O) groups is 2. The van der Waals surface area contributed by atoms with Crippen molar-refractivity contribution < 1.29 is 14.3 Å². The summed E-state index contributed by atoms with van der Waals surface area (Å²) in [5.74, 6) is -0.865. The van der Waals surface area contributed by atoms with Gasteiger partial charge < -0.3 is 4.74 Å². The van der Waals surface area contributed by atoms with E-state index in [-0.39, 0.29) is 12.3 Å². The molecule has 1 aromatic heterocycles. The van der Waals surface area contributed by atoms with Crippen LogP contribution >= 0.6 is 34.8 Å². The summed E-state index contributed by atoms with van der Waals surface area (Å²) < 4.78 is 6.52. The van der Waals surface area contributed by atoms with Crippen molar-refractivity contribution >= 4 is 52.6 Å². The maximum Gasteiger partial charge on any atom is 0.331 e. The molecule has 0 aliphatic carbocycles. The van der Waals surface area contributed by atoms with Gasteiger partial charge >= 0.3 is 5.97 Å². The second kappa shape index (κ2) is 8.71. The molecule has 1 aromatic carbocycles. The number of aromatic nitrogens is 2. The summed E-state index contributed by atoms with van der Waals surface area (Å²) in [4.78, 5) is 22.9. The summed E-state index contributed by atoms with van der Waals surface area (Å²) >= 11 is 18.7. The number of aryl methyl sites for hydroxylation is 1. The maximum absolute atomic E-state index is 11.8. The molecule has 0 N–H and O–H groups in total. The Bertz CT molecular complexity index is 855. The number of nitrogens with zero attached hydrogens (tertiary/aromatic N) is 2. The van der Waals surface area contributed by atoms with Crippen molar-refractivity contribution in [2.24, 2.45) is 0 Å². The standard InChI is InChI=1S/C18H17Cl3N2O3/c1-10-13(7-8-17(25)26-12(3)11(2)24)18(21)23(22-10)9-14-15(19)5-4-6-16(14)20/h4-8,12H,9H2,1-3H3/b8-7+. The third-order valence-electron chi connectivity index (χ3n) is 3.73. The quantitative estimate of drug-likeness (QED) is 0.505. The third-order valence-corrected chi connectivity index (χ3v) is 4.84. The second-order valence-corrected chi connectivity index (χ2v) is 6.84. The average Bonchev–Trinajstić information content (AvgIpc) is 2.82. The molecule has 0 fully saturated rings. The van der Waals surface area contributed by atoms with Crippen LogP contribution in [0.15, 0.2) is 24.3 Å². The lowest BCUT2D eigenvalue weighted by atomic mass is 10.2. The normalized spacial score (nSPS) is 12.4. The smallest absolute Gasteiger partial charge is 0.331 e. The molecule has 0 bridgehead atoms. The Morgan fingerprint density at radius 1 is 1.27 bits per heavy atom. The van der Waals surface area contributed by atoms with E-state index in [2.05, 4.69) is 5.10 Å². The lowest BCUT2D eigenvalue weighted by Crippen LogP contribution is -2.20. The minimum Gasteiger partial charge on any atom is -0.452 e. The van der Waals surface area contributed by atoms with Crippen LogP contribution in [0.2, 0.25) is 15.2 Å². The number of ether oxygens (including phenoxy) is 1. The molecule has 0 amide bonds. The number of benzene rings is 1. The van der Waals surface area contributed by atoms with E-state index in [0.717, 1.165) is 0 Å². The van der Waals surface area contributed by atoms with Crippen LogP contribution in [-0.2, 0) is 20.9 Å². The fourth-order valence-electron chi connectivity index (χ4n) is 2.14. The van der Waals surface area contributed by atoms with Gasteiger partial charge in [-0.2, -0.15) is 5.10 Å². The number of carbonyl (C=O) groups excluding carboxylic acids is 2. The van der Waals surface area contributed by atoms with Crippen LogP contribution in [0.25, 0.3) is 6.08 Å². The maximum atomic E-state index is 11.8. The van der Waals surface area contributed by atoms with E-state index in [4.69, 9.17) is 39.5 Å². The lowest BCUT2D eigenvalue weighted by molar-refractivity contribution is -0.148. The van der Waals surface area contributed by atoms with E-state index < -0.39 is 12.1 Å². The number of halogens is 3. The van der Waals surface area contributed by atoms with E-state index in [9.17, 15) is 9.59 Å². The molecule has 0 saturated carbocycles. The Hall–Kier alpha value is -1.82. The van der Waals surface area contributed by atoms with Gasteiger partial charge in [-0.1, -0.05) is 40.9 Å². The Balaban J connectivity index is 2.21. The molecule has 1 heterocycles. The highest BCUT2D eigenvalue weighted by molar-refractivity contribution is 6.36. The first kappa shape index (κ1) is 20.5. The molecule has 0 radical (unpaired) electrons. The molecule has 0 spiro atoms. The summed E-state index contributed by atoms with van der Waals surface area (Å²) in [5, 5.41) is 5.73. The molecule has 1 atom stereocenters. The monoisotopic (exact) mass is 414 g/mol. The minimum atomic E-state index is -0.797. The largest absolute Gasteiger partial charge is 0.452 e. The van der Waals surface area contributed by atoms with E-state index in [1.54, 1.807) is 29.8 Å². The van der Waals surface area contributed by atoms with Gasteiger partial charge in [0, 0.05) is 27.2 Å². The molecule has 1 unspecified atom stereocenters. The van der Waals surface area contributed by atoms with E-state index in [1.165, 1.54) is 26.0 Å². The Morgan fingerprint density at radius 3 is 2.46 bits per heavy atom. The topological polar surface area (TPSA) is 61.2 Å². The van der Waals surface area contributed by atoms with Gasteiger partial charge in [0.05, 0.1) is 12.2 Å². The van der Waals surface area contributed by atoms with Crippen molar-refractivity contribution in [2.45, 2.75) is 33.4 Å². The predicted molar refractivity (Wildman–Crippen MR) is 103 cm³/mol. The van der Waals surface area contributed by atoms with Crippen LogP contribution in [0.3, 0.4) is 0 Å². The zero-order valence-corrected chi connectivity index (χ0v) is 16.7. The number of hydrogen-bond acceptors (Lipinski definition) is 4. The van der Waals surface area contributed by atoms with Gasteiger partial charge in [0.2, 0.25) is 0 Å². The van der Waals surface area contributed by atoms with Crippen LogP contribution in [0, 0.1) is 6.92 Å². The van der Waals surface area contributed by atoms with E-state index in [1.807, 2.05) is 0 Å². The SMILES string of the molecule is CC(=O)C(C)OC(=O)/C=C/c1c(C)nn(Cc2c(Cl)cccc2Cl)c1Cl. The van der Waals surface area contributed by atoms with Gasteiger partial charge in [-0.05, 0) is 39.0 Å². The molecular weight excluding hydrogens is 399 g/mol. The van der Waals surface area contributed by atoms with Gasteiger partial charge in [-0.3, -0.25) is 4.79 Å². The first-order chi connectivity index (χ1) is 12.2. The number of hydrogen-bond donors (Lipinski definition) is 0. The summed E-state index contributed by atoms with van der Waals surface area (Å²) in [6.45, 7) is 4.92. The van der Waals surface area contributed by atoms with Crippen molar-refractivity contribution in [1.82, 2.24) is 9.78 Å². The Labute approximate surface area is 166 Å². The minimum absolute atomic E-state index is 0.231. The van der Waals surface area contributed by atoms with E-state index in [0.29, 0.717) is 32.0 Å². The zero-order valence-electron chi connectivity index (χ0n) is 14.4. The lowest BCUT2D eigenvalue weighted by Gasteiger charge is -2.08. The van der Waals surface area contributed by atoms with Crippen molar-refractivity contribution in [2.75, 3.05) is 0 Å². The van der Waals surface area contributed by atoms with E-state index >= 15 is 0 Å². The summed E-state index contributed by atoms with van der Waals surface area (Å²) in [7, 11) is 0. The molecular formula is C18H17Cl3N2O3. The Morgan fingerprint density at radius 2 is 1.88 bits per heavy atom. The van der Waals surface area contributed by atoms with Crippen LogP contribution in [-0.4, -0.2) is 27.6 Å². The Kier molecular flexibility index (Phi) is 6.87. The number of Topliss-reactive ketones (excluding diaryl/α,β-unsaturated/α-hetero) is 1. The average molecular weight is 416 g/mol. The van der Waals surface area contributed by atoms with Crippen molar-refractivity contribution in [3.63, 3.8) is 0 Å². The molecule has 5 nitrogen and oxygen atoms in total. The van der Waals surface area contributed by atoms with Crippen LogP contribution in [0.4, 0.5) is 0 Å². The highest BCUT2D eigenvalue weighted by Crippen LogP contribution is 2.28. The molecule has 138 valence electrons. The van der Waals surface area contributed by atoms with Gasteiger partial charge in [-0.25, -0.2) is 9.48 Å². The van der Waals surface area contributed by atoms with Gasteiger partial charge in [-0.15, -0.1) is 0 Å². The summed E-state index contributed by atoms with van der Waals surface area (Å²) in [6, 6.07) is 5.23. The number of esters is 1. The van der Waals surface area contributed by atoms with Crippen molar-refractivity contribution in [3.05, 3.63) is 56.3 Å². The fraction of sp³-hybridized carbons (Fsp3) is 0.278. The number of ketones is 1. The molecule has 0 saturated heterocycles. The first-order valence-electron chi connectivity index (χ1n) is 7.75. The van der Waals surface area contributed by atoms with Crippen LogP contribution < -0.4 is 0 Å². The summed E-state index contributed by atoms with van der Waals surface area (Å²) in [6.07, 6.45) is 1.92. The third kappa shape index (κ3) is 4.87. The highest BCUT2D eigenvalue weighted by Gasteiger charge is 2.15. The van der Waals surface area contributed by atoms with Crippen molar-refractivity contribution in [1.29, 1.82) is 0 Å². The fourth-order valence-corrected chi connectivity index (χ4v) is 2.96. The molecule has 26 heavy (non-hydrogen) atoms. The van der Waals surface area contributed by atoms with Crippen molar-refractivity contribution in [3.8, 4) is 0 Å². The molecule has 8 heteroatoms. The van der Waals surface area contributed by atoms with Crippen LogP contribution in [0.5, 0.6) is 0 Å². The van der Waals surface area contributed by atoms with Crippen LogP contribution in [0.1, 0.15) is 30.7 Å². The summed E-state index contributed by atoms with van der Waals surface area (Å²) in [5.41, 5.74) is 1.90. The molecule has 2 aromatic rings. The molecule has 2 rings (SSSR count).